The van der Waals surface area contributed by atoms with Gasteiger partial charge in [-0.1, -0.05) is 49.5 Å². The van der Waals surface area contributed by atoms with Crippen molar-refractivity contribution in [1.82, 2.24) is 0 Å². The van der Waals surface area contributed by atoms with Crippen LogP contribution in [0.2, 0.25) is 5.02 Å². The second kappa shape index (κ2) is 5.96. The molecule has 5 heteroatoms. The SMILES string of the molecule is Clc1cc(Br)cc(C(Br)c2ccc3c(c2)OCCO3)c1. The number of alkyl halides is 1. The van der Waals surface area contributed by atoms with Gasteiger partial charge in [-0.05, 0) is 41.5 Å². The van der Waals surface area contributed by atoms with Crippen LogP contribution in [0.25, 0.3) is 0 Å². The molecule has 1 unspecified atom stereocenters. The van der Waals surface area contributed by atoms with Crippen LogP contribution in [0, 0.1) is 0 Å². The summed E-state index contributed by atoms with van der Waals surface area (Å²) in [6, 6.07) is 11.8. The van der Waals surface area contributed by atoms with Gasteiger partial charge < -0.3 is 9.47 Å². The Morgan fingerprint density at radius 3 is 2.45 bits per heavy atom. The highest BCUT2D eigenvalue weighted by atomic mass is 79.9. The third-order valence-electron chi connectivity index (χ3n) is 3.04. The van der Waals surface area contributed by atoms with Crippen LogP contribution in [0.15, 0.2) is 40.9 Å². The molecule has 0 fully saturated rings. The molecule has 0 N–H and O–H groups in total. The molecule has 1 atom stereocenters. The summed E-state index contributed by atoms with van der Waals surface area (Å²) in [5, 5.41) is 0.705. The number of ether oxygens (including phenoxy) is 2. The summed E-state index contributed by atoms with van der Waals surface area (Å²) >= 11 is 13.3. The molecule has 0 bridgehead atoms. The summed E-state index contributed by atoms with van der Waals surface area (Å²) in [5.74, 6) is 1.59. The monoisotopic (exact) mass is 416 g/mol. The molecule has 0 aromatic heterocycles. The molecule has 1 aliphatic heterocycles. The lowest BCUT2D eigenvalue weighted by molar-refractivity contribution is 0.171. The highest BCUT2D eigenvalue weighted by molar-refractivity contribution is 9.10. The first kappa shape index (κ1) is 14.2. The van der Waals surface area contributed by atoms with Gasteiger partial charge in [-0.25, -0.2) is 0 Å². The van der Waals surface area contributed by atoms with Gasteiger partial charge >= 0.3 is 0 Å². The van der Waals surface area contributed by atoms with Crippen molar-refractivity contribution in [2.24, 2.45) is 0 Å². The topological polar surface area (TPSA) is 18.5 Å². The molecule has 0 aliphatic carbocycles. The zero-order valence-electron chi connectivity index (χ0n) is 10.4. The molecule has 0 saturated heterocycles. The predicted octanol–water partition coefficient (Wildman–Crippen LogP) is 5.36. The lowest BCUT2D eigenvalue weighted by Gasteiger charge is -2.20. The molecule has 0 radical (unpaired) electrons. The summed E-state index contributed by atoms with van der Waals surface area (Å²) in [4.78, 5) is 0.0494. The van der Waals surface area contributed by atoms with E-state index < -0.39 is 0 Å². The number of fused-ring (bicyclic) bond motifs is 1. The van der Waals surface area contributed by atoms with E-state index in [4.69, 9.17) is 21.1 Å². The Hall–Kier alpha value is -0.710. The summed E-state index contributed by atoms with van der Waals surface area (Å²) in [6.07, 6.45) is 0. The quantitative estimate of drug-likeness (QED) is 0.612. The molecule has 0 saturated carbocycles. The standard InChI is InChI=1S/C15H11Br2ClO2/c16-11-5-10(6-12(18)8-11)15(17)9-1-2-13-14(7-9)20-4-3-19-13/h1-2,5-8,15H,3-4H2. The van der Waals surface area contributed by atoms with Crippen molar-refractivity contribution >= 4 is 43.5 Å². The van der Waals surface area contributed by atoms with Crippen LogP contribution in [0.1, 0.15) is 16.0 Å². The van der Waals surface area contributed by atoms with E-state index in [0.717, 1.165) is 27.1 Å². The fraction of sp³-hybridized carbons (Fsp3) is 0.200. The molecule has 0 amide bonds. The molecule has 1 aliphatic rings. The Morgan fingerprint density at radius 1 is 0.950 bits per heavy atom. The molecule has 2 nitrogen and oxygen atoms in total. The third-order valence-corrected chi connectivity index (χ3v) is 4.77. The van der Waals surface area contributed by atoms with Gasteiger partial charge in [0, 0.05) is 9.50 Å². The van der Waals surface area contributed by atoms with Crippen LogP contribution in [0.5, 0.6) is 11.5 Å². The largest absolute Gasteiger partial charge is 0.486 e. The Balaban J connectivity index is 1.95. The predicted molar refractivity (Wildman–Crippen MR) is 87.4 cm³/mol. The molecule has 2 aromatic rings. The van der Waals surface area contributed by atoms with Crippen molar-refractivity contribution in [3.8, 4) is 11.5 Å². The van der Waals surface area contributed by atoms with Crippen LogP contribution >= 0.6 is 43.5 Å². The lowest BCUT2D eigenvalue weighted by atomic mass is 10.0. The van der Waals surface area contributed by atoms with Crippen LogP contribution in [-0.4, -0.2) is 13.2 Å². The Labute approximate surface area is 139 Å². The smallest absolute Gasteiger partial charge is 0.161 e. The first-order chi connectivity index (χ1) is 9.63. The molecule has 2 aromatic carbocycles. The van der Waals surface area contributed by atoms with E-state index in [1.54, 1.807) is 0 Å². The first-order valence-corrected chi connectivity index (χ1v) is 8.22. The maximum Gasteiger partial charge on any atom is 0.161 e. The summed E-state index contributed by atoms with van der Waals surface area (Å²) < 4.78 is 12.1. The number of halogens is 3. The second-order valence-corrected chi connectivity index (χ2v) is 6.74. The highest BCUT2D eigenvalue weighted by Crippen LogP contribution is 2.39. The van der Waals surface area contributed by atoms with Crippen molar-refractivity contribution in [2.75, 3.05) is 13.2 Å². The second-order valence-electron chi connectivity index (χ2n) is 4.47. The normalized spacial score (nSPS) is 14.9. The molecular weight excluding hydrogens is 407 g/mol. The number of hydrogen-bond donors (Lipinski definition) is 0. The van der Waals surface area contributed by atoms with Crippen LogP contribution < -0.4 is 9.47 Å². The summed E-state index contributed by atoms with van der Waals surface area (Å²) in [5.41, 5.74) is 2.18. The molecule has 104 valence electrons. The third kappa shape index (κ3) is 2.97. The minimum atomic E-state index is 0.0494. The van der Waals surface area contributed by atoms with E-state index in [9.17, 15) is 0 Å². The van der Waals surface area contributed by atoms with Crippen LogP contribution in [0.3, 0.4) is 0 Å². The van der Waals surface area contributed by atoms with Crippen molar-refractivity contribution in [1.29, 1.82) is 0 Å². The van der Waals surface area contributed by atoms with Crippen molar-refractivity contribution in [2.45, 2.75) is 4.83 Å². The van der Waals surface area contributed by atoms with Gasteiger partial charge in [0.1, 0.15) is 13.2 Å². The van der Waals surface area contributed by atoms with Crippen molar-refractivity contribution in [3.05, 3.63) is 57.0 Å². The van der Waals surface area contributed by atoms with Gasteiger partial charge in [0.05, 0.1) is 4.83 Å². The van der Waals surface area contributed by atoms with Gasteiger partial charge in [-0.15, -0.1) is 0 Å². The molecular formula is C15H11Br2ClO2. The average Bonchev–Trinajstić information content (AvgIpc) is 2.45. The van der Waals surface area contributed by atoms with Crippen LogP contribution in [0.4, 0.5) is 0 Å². The fourth-order valence-electron chi connectivity index (χ4n) is 2.13. The van der Waals surface area contributed by atoms with Crippen molar-refractivity contribution in [3.63, 3.8) is 0 Å². The Morgan fingerprint density at radius 2 is 1.70 bits per heavy atom. The average molecular weight is 419 g/mol. The van der Waals surface area contributed by atoms with Gasteiger partial charge in [-0.2, -0.15) is 0 Å². The summed E-state index contributed by atoms with van der Waals surface area (Å²) in [6.45, 7) is 1.19. The molecule has 20 heavy (non-hydrogen) atoms. The molecule has 1 heterocycles. The zero-order valence-corrected chi connectivity index (χ0v) is 14.3. The number of rotatable bonds is 2. The maximum absolute atomic E-state index is 6.10. The fourth-order valence-corrected chi connectivity index (χ4v) is 3.57. The van der Waals surface area contributed by atoms with E-state index in [-0.39, 0.29) is 4.83 Å². The lowest BCUT2D eigenvalue weighted by Crippen LogP contribution is -2.15. The van der Waals surface area contributed by atoms with E-state index in [1.165, 1.54) is 0 Å². The van der Waals surface area contributed by atoms with E-state index >= 15 is 0 Å². The van der Waals surface area contributed by atoms with Gasteiger partial charge in [-0.3, -0.25) is 0 Å². The van der Waals surface area contributed by atoms with Gasteiger partial charge in [0.25, 0.3) is 0 Å². The van der Waals surface area contributed by atoms with Crippen molar-refractivity contribution < 1.29 is 9.47 Å². The van der Waals surface area contributed by atoms with E-state index in [2.05, 4.69) is 31.9 Å². The number of benzene rings is 2. The van der Waals surface area contributed by atoms with Gasteiger partial charge in [0.2, 0.25) is 0 Å². The number of hydrogen-bond acceptors (Lipinski definition) is 2. The molecule has 3 rings (SSSR count). The zero-order chi connectivity index (χ0) is 14.1. The highest BCUT2D eigenvalue weighted by Gasteiger charge is 2.17. The first-order valence-electron chi connectivity index (χ1n) is 6.13. The van der Waals surface area contributed by atoms with E-state index in [1.807, 2.05) is 36.4 Å². The maximum atomic E-state index is 6.10. The molecule has 0 spiro atoms. The summed E-state index contributed by atoms with van der Waals surface area (Å²) in [7, 11) is 0. The minimum Gasteiger partial charge on any atom is -0.486 e. The van der Waals surface area contributed by atoms with Crippen LogP contribution in [-0.2, 0) is 0 Å². The Bertz CT molecular complexity index is 626. The minimum absolute atomic E-state index is 0.0494. The van der Waals surface area contributed by atoms with E-state index in [0.29, 0.717) is 18.2 Å². The Kier molecular flexibility index (Phi) is 4.24. The van der Waals surface area contributed by atoms with Gasteiger partial charge in [0.15, 0.2) is 11.5 Å².